The van der Waals surface area contributed by atoms with Crippen LogP contribution in [0.4, 0.5) is 0 Å². The van der Waals surface area contributed by atoms with Crippen molar-refractivity contribution in [1.82, 2.24) is 9.21 Å². The first kappa shape index (κ1) is 18.1. The average molecular weight is 313 g/mol. The lowest BCUT2D eigenvalue weighted by molar-refractivity contribution is 0.356. The molecule has 6 heteroatoms. The molecule has 0 heterocycles. The van der Waals surface area contributed by atoms with Crippen LogP contribution in [-0.2, 0) is 10.0 Å². The minimum atomic E-state index is -3.45. The van der Waals surface area contributed by atoms with Gasteiger partial charge in [-0.15, -0.1) is 0 Å². The molecule has 1 aromatic carbocycles. The third-order valence-corrected chi connectivity index (χ3v) is 5.36. The summed E-state index contributed by atoms with van der Waals surface area (Å²) in [6.45, 7) is 5.58. The Morgan fingerprint density at radius 3 is 2.43 bits per heavy atom. The number of rotatable bonds is 8. The molecule has 1 unspecified atom stereocenters. The molecule has 1 atom stereocenters. The van der Waals surface area contributed by atoms with Crippen molar-refractivity contribution >= 4 is 10.0 Å². The number of hydrogen-bond donors (Lipinski definition) is 1. The zero-order valence-electron chi connectivity index (χ0n) is 13.4. The fourth-order valence-electron chi connectivity index (χ4n) is 2.12. The van der Waals surface area contributed by atoms with E-state index in [1.807, 2.05) is 34.0 Å². The third kappa shape index (κ3) is 5.07. The molecule has 0 saturated carbocycles. The maximum Gasteiger partial charge on any atom is 0.243 e. The van der Waals surface area contributed by atoms with Crippen LogP contribution < -0.4 is 5.73 Å². The van der Waals surface area contributed by atoms with Crippen LogP contribution >= 0.6 is 0 Å². The van der Waals surface area contributed by atoms with Gasteiger partial charge in [-0.25, -0.2) is 8.42 Å². The lowest BCUT2D eigenvalue weighted by Crippen LogP contribution is -2.33. The van der Waals surface area contributed by atoms with E-state index in [1.54, 1.807) is 18.2 Å². The van der Waals surface area contributed by atoms with Gasteiger partial charge in [0, 0.05) is 19.1 Å². The Bertz CT molecular complexity index is 542. The SMILES string of the molecule is CCN(CCCN(C)C)S(=O)(=O)c1cccc(C(C)N)c1. The Morgan fingerprint density at radius 1 is 1.24 bits per heavy atom. The largest absolute Gasteiger partial charge is 0.324 e. The van der Waals surface area contributed by atoms with Crippen molar-refractivity contribution in [3.8, 4) is 0 Å². The summed E-state index contributed by atoms with van der Waals surface area (Å²) in [5, 5.41) is 0. The number of nitrogens with two attached hydrogens (primary N) is 1. The topological polar surface area (TPSA) is 66.6 Å². The first-order chi connectivity index (χ1) is 9.78. The van der Waals surface area contributed by atoms with E-state index in [0.29, 0.717) is 18.0 Å². The van der Waals surface area contributed by atoms with Crippen molar-refractivity contribution in [2.24, 2.45) is 5.73 Å². The summed E-state index contributed by atoms with van der Waals surface area (Å²) in [6.07, 6.45) is 0.813. The highest BCUT2D eigenvalue weighted by Gasteiger charge is 2.23. The smallest absolute Gasteiger partial charge is 0.243 e. The Morgan fingerprint density at radius 2 is 1.90 bits per heavy atom. The van der Waals surface area contributed by atoms with Gasteiger partial charge in [0.25, 0.3) is 0 Å². The normalized spacial score (nSPS) is 13.9. The lowest BCUT2D eigenvalue weighted by Gasteiger charge is -2.22. The van der Waals surface area contributed by atoms with Gasteiger partial charge in [-0.2, -0.15) is 4.31 Å². The van der Waals surface area contributed by atoms with Crippen molar-refractivity contribution in [3.63, 3.8) is 0 Å². The third-order valence-electron chi connectivity index (χ3n) is 3.39. The number of nitrogens with zero attached hydrogens (tertiary/aromatic N) is 2. The van der Waals surface area contributed by atoms with Gasteiger partial charge in [0.1, 0.15) is 0 Å². The van der Waals surface area contributed by atoms with Crippen LogP contribution in [0.5, 0.6) is 0 Å². The van der Waals surface area contributed by atoms with Gasteiger partial charge < -0.3 is 10.6 Å². The second-order valence-corrected chi connectivity index (χ2v) is 7.45. The number of benzene rings is 1. The van der Waals surface area contributed by atoms with Gasteiger partial charge >= 0.3 is 0 Å². The summed E-state index contributed by atoms with van der Waals surface area (Å²) in [5.41, 5.74) is 6.67. The maximum atomic E-state index is 12.7. The fraction of sp³-hybridized carbons (Fsp3) is 0.600. The van der Waals surface area contributed by atoms with Crippen molar-refractivity contribution < 1.29 is 8.42 Å². The summed E-state index contributed by atoms with van der Waals surface area (Å²) >= 11 is 0. The van der Waals surface area contributed by atoms with Gasteiger partial charge in [-0.3, -0.25) is 0 Å². The summed E-state index contributed by atoms with van der Waals surface area (Å²) < 4.78 is 26.9. The molecule has 2 N–H and O–H groups in total. The predicted molar refractivity (Wildman–Crippen MR) is 86.6 cm³/mol. The zero-order valence-corrected chi connectivity index (χ0v) is 14.2. The van der Waals surface area contributed by atoms with E-state index in [2.05, 4.69) is 4.90 Å². The van der Waals surface area contributed by atoms with Crippen LogP contribution in [0.25, 0.3) is 0 Å². The van der Waals surface area contributed by atoms with Crippen molar-refractivity contribution in [1.29, 1.82) is 0 Å². The second kappa shape index (κ2) is 7.89. The highest BCUT2D eigenvalue weighted by Crippen LogP contribution is 2.19. The minimum absolute atomic E-state index is 0.177. The summed E-state index contributed by atoms with van der Waals surface area (Å²) in [7, 11) is 0.520. The Kier molecular flexibility index (Phi) is 6.80. The number of hydrogen-bond acceptors (Lipinski definition) is 4. The number of sulfonamides is 1. The van der Waals surface area contributed by atoms with Crippen LogP contribution in [0.2, 0.25) is 0 Å². The Balaban J connectivity index is 2.93. The van der Waals surface area contributed by atoms with E-state index in [4.69, 9.17) is 5.73 Å². The second-order valence-electron chi connectivity index (χ2n) is 5.51. The molecule has 0 aromatic heterocycles. The van der Waals surface area contributed by atoms with Crippen molar-refractivity contribution in [2.45, 2.75) is 31.2 Å². The fourth-order valence-corrected chi connectivity index (χ4v) is 3.66. The van der Waals surface area contributed by atoms with Crippen LogP contribution in [0.1, 0.15) is 31.9 Å². The van der Waals surface area contributed by atoms with E-state index >= 15 is 0 Å². The van der Waals surface area contributed by atoms with E-state index in [1.165, 1.54) is 4.31 Å². The highest BCUT2D eigenvalue weighted by atomic mass is 32.2. The maximum absolute atomic E-state index is 12.7. The predicted octanol–water partition coefficient (Wildman–Crippen LogP) is 1.67. The first-order valence-electron chi connectivity index (χ1n) is 7.29. The van der Waals surface area contributed by atoms with Crippen LogP contribution in [0, 0.1) is 0 Å². The molecule has 0 saturated heterocycles. The molecule has 0 aliphatic carbocycles. The molecule has 5 nitrogen and oxygen atoms in total. The molecule has 0 aliphatic rings. The summed E-state index contributed by atoms with van der Waals surface area (Å²) in [6, 6.07) is 6.74. The molecule has 21 heavy (non-hydrogen) atoms. The lowest BCUT2D eigenvalue weighted by atomic mass is 10.1. The van der Waals surface area contributed by atoms with E-state index in [0.717, 1.165) is 18.5 Å². The zero-order chi connectivity index (χ0) is 16.0. The molecule has 0 spiro atoms. The van der Waals surface area contributed by atoms with Gasteiger partial charge in [-0.1, -0.05) is 19.1 Å². The molecule has 0 bridgehead atoms. The summed E-state index contributed by atoms with van der Waals surface area (Å²) in [5.74, 6) is 0. The Labute approximate surface area is 128 Å². The van der Waals surface area contributed by atoms with E-state index in [9.17, 15) is 8.42 Å². The molecule has 0 radical (unpaired) electrons. The summed E-state index contributed by atoms with van der Waals surface area (Å²) in [4.78, 5) is 2.38. The molecular formula is C15H27N3O2S. The van der Waals surface area contributed by atoms with Crippen LogP contribution in [0.15, 0.2) is 29.2 Å². The molecular weight excluding hydrogens is 286 g/mol. The molecule has 0 amide bonds. The first-order valence-corrected chi connectivity index (χ1v) is 8.73. The van der Waals surface area contributed by atoms with Crippen LogP contribution in [0.3, 0.4) is 0 Å². The molecule has 1 rings (SSSR count). The standard InChI is InChI=1S/C15H27N3O2S/c1-5-18(11-7-10-17(3)4)21(19,20)15-9-6-8-14(12-15)13(2)16/h6,8-9,12-13H,5,7,10-11,16H2,1-4H3. The molecule has 1 aromatic rings. The van der Waals surface area contributed by atoms with Crippen molar-refractivity contribution in [2.75, 3.05) is 33.7 Å². The Hall–Kier alpha value is -0.950. The van der Waals surface area contributed by atoms with Gasteiger partial charge in [-0.05, 0) is 51.7 Å². The van der Waals surface area contributed by atoms with Crippen molar-refractivity contribution in [3.05, 3.63) is 29.8 Å². The van der Waals surface area contributed by atoms with E-state index in [-0.39, 0.29) is 6.04 Å². The molecule has 0 fully saturated rings. The van der Waals surface area contributed by atoms with Gasteiger partial charge in [0.05, 0.1) is 4.90 Å². The van der Waals surface area contributed by atoms with Gasteiger partial charge in [0.2, 0.25) is 10.0 Å². The molecule has 120 valence electrons. The molecule has 0 aliphatic heterocycles. The quantitative estimate of drug-likeness (QED) is 0.793. The minimum Gasteiger partial charge on any atom is -0.324 e. The monoisotopic (exact) mass is 313 g/mol. The average Bonchev–Trinajstić information content (AvgIpc) is 2.43. The highest BCUT2D eigenvalue weighted by molar-refractivity contribution is 7.89. The van der Waals surface area contributed by atoms with Crippen LogP contribution in [-0.4, -0.2) is 51.4 Å². The van der Waals surface area contributed by atoms with Gasteiger partial charge in [0.15, 0.2) is 0 Å². The van der Waals surface area contributed by atoms with E-state index < -0.39 is 10.0 Å².